The minimum Gasteiger partial charge on any atom is -0.504 e. The van der Waals surface area contributed by atoms with E-state index in [2.05, 4.69) is 6.58 Å². The third-order valence-corrected chi connectivity index (χ3v) is 3.26. The molecule has 0 spiro atoms. The fraction of sp³-hybridized carbons (Fsp3) is 0.176. The Kier molecular flexibility index (Phi) is 4.31. The molecule has 2 aromatic rings. The van der Waals surface area contributed by atoms with E-state index in [9.17, 15) is 5.11 Å². The zero-order valence-corrected chi connectivity index (χ0v) is 11.7. The molecule has 2 aromatic carbocycles. The number of benzene rings is 2. The molecule has 0 saturated heterocycles. The van der Waals surface area contributed by atoms with Crippen molar-refractivity contribution in [3.8, 4) is 17.2 Å². The Morgan fingerprint density at radius 1 is 1.05 bits per heavy atom. The predicted molar refractivity (Wildman–Crippen MR) is 79.7 cm³/mol. The highest BCUT2D eigenvalue weighted by atomic mass is 16.5. The number of phenolic OH excluding ortho intramolecular Hbond substituents is 1. The van der Waals surface area contributed by atoms with Gasteiger partial charge in [-0.25, -0.2) is 0 Å². The molecule has 0 heterocycles. The van der Waals surface area contributed by atoms with Crippen molar-refractivity contribution < 1.29 is 14.6 Å². The monoisotopic (exact) mass is 270 g/mol. The minimum absolute atomic E-state index is 0.0272. The van der Waals surface area contributed by atoms with Crippen LogP contribution in [-0.2, 0) is 0 Å². The smallest absolute Gasteiger partial charge is 0.161 e. The third-order valence-electron chi connectivity index (χ3n) is 3.26. The summed E-state index contributed by atoms with van der Waals surface area (Å²) in [6.45, 7) is 3.91. The highest BCUT2D eigenvalue weighted by Gasteiger charge is 2.18. The van der Waals surface area contributed by atoms with E-state index in [4.69, 9.17) is 9.47 Å². The zero-order valence-electron chi connectivity index (χ0n) is 11.7. The van der Waals surface area contributed by atoms with Crippen molar-refractivity contribution in [2.45, 2.75) is 5.92 Å². The molecule has 2 rings (SSSR count). The Balaban J connectivity index is 2.56. The number of rotatable bonds is 5. The van der Waals surface area contributed by atoms with Gasteiger partial charge in [-0.1, -0.05) is 36.4 Å². The molecule has 20 heavy (non-hydrogen) atoms. The first-order valence-corrected chi connectivity index (χ1v) is 6.33. The molecule has 0 saturated carbocycles. The molecular weight excluding hydrogens is 252 g/mol. The van der Waals surface area contributed by atoms with Crippen LogP contribution in [0.1, 0.15) is 17.0 Å². The second-order valence-electron chi connectivity index (χ2n) is 4.39. The van der Waals surface area contributed by atoms with Gasteiger partial charge < -0.3 is 14.6 Å². The minimum atomic E-state index is -0.0272. The molecule has 1 atom stereocenters. The number of ether oxygens (including phenoxy) is 2. The van der Waals surface area contributed by atoms with Crippen molar-refractivity contribution in [3.05, 3.63) is 66.2 Å². The Morgan fingerprint density at radius 3 is 2.25 bits per heavy atom. The Morgan fingerprint density at radius 2 is 1.70 bits per heavy atom. The number of hydrogen-bond acceptors (Lipinski definition) is 3. The second kappa shape index (κ2) is 6.15. The number of phenols is 1. The molecular formula is C17H18O3. The molecule has 0 aromatic heterocycles. The van der Waals surface area contributed by atoms with Crippen LogP contribution in [0.5, 0.6) is 17.2 Å². The van der Waals surface area contributed by atoms with Crippen molar-refractivity contribution in [1.29, 1.82) is 0 Å². The largest absolute Gasteiger partial charge is 0.504 e. The van der Waals surface area contributed by atoms with Crippen LogP contribution in [0, 0.1) is 0 Å². The highest BCUT2D eigenvalue weighted by Crippen LogP contribution is 2.40. The summed E-state index contributed by atoms with van der Waals surface area (Å²) in [6, 6.07) is 13.3. The van der Waals surface area contributed by atoms with E-state index in [0.29, 0.717) is 11.5 Å². The van der Waals surface area contributed by atoms with Gasteiger partial charge in [0.1, 0.15) is 5.75 Å². The van der Waals surface area contributed by atoms with Crippen LogP contribution in [0.25, 0.3) is 0 Å². The maximum atomic E-state index is 9.84. The van der Waals surface area contributed by atoms with Gasteiger partial charge in [0.15, 0.2) is 11.5 Å². The maximum absolute atomic E-state index is 9.84. The predicted octanol–water partition coefficient (Wildman–Crippen LogP) is 3.73. The van der Waals surface area contributed by atoms with Gasteiger partial charge in [0.25, 0.3) is 0 Å². The fourth-order valence-electron chi connectivity index (χ4n) is 2.25. The molecule has 0 aliphatic heterocycles. The average molecular weight is 270 g/mol. The second-order valence-corrected chi connectivity index (χ2v) is 4.39. The number of aromatic hydroxyl groups is 1. The number of hydrogen-bond donors (Lipinski definition) is 1. The van der Waals surface area contributed by atoms with Crippen molar-refractivity contribution in [2.24, 2.45) is 0 Å². The molecule has 0 fully saturated rings. The topological polar surface area (TPSA) is 38.7 Å². The molecule has 0 aliphatic carbocycles. The van der Waals surface area contributed by atoms with Crippen molar-refractivity contribution in [3.63, 3.8) is 0 Å². The van der Waals surface area contributed by atoms with Crippen LogP contribution in [0.4, 0.5) is 0 Å². The van der Waals surface area contributed by atoms with E-state index in [0.717, 1.165) is 11.1 Å². The molecule has 0 amide bonds. The van der Waals surface area contributed by atoms with Crippen LogP contribution in [0.15, 0.2) is 55.1 Å². The lowest BCUT2D eigenvalue weighted by atomic mass is 9.90. The zero-order chi connectivity index (χ0) is 14.5. The standard InChI is InChI=1S/C17H18O3/c1-4-13(12-8-6-5-7-9-12)14-10-17(20-3)15(18)11-16(14)19-2/h4-11,13,18H,1H2,2-3H3/t13-/m1/s1. The summed E-state index contributed by atoms with van der Waals surface area (Å²) in [4.78, 5) is 0. The molecule has 0 bridgehead atoms. The summed E-state index contributed by atoms with van der Waals surface area (Å²) in [5.74, 6) is 1.06. The van der Waals surface area contributed by atoms with Gasteiger partial charge in [0.2, 0.25) is 0 Å². The van der Waals surface area contributed by atoms with E-state index in [1.807, 2.05) is 36.4 Å². The van der Waals surface area contributed by atoms with Crippen LogP contribution < -0.4 is 9.47 Å². The van der Waals surface area contributed by atoms with E-state index >= 15 is 0 Å². The first-order chi connectivity index (χ1) is 9.71. The third kappa shape index (κ3) is 2.62. The SMILES string of the molecule is C=C[C@H](c1ccccc1)c1cc(OC)c(O)cc1OC. The summed E-state index contributed by atoms with van der Waals surface area (Å²) < 4.78 is 10.5. The fourth-order valence-corrected chi connectivity index (χ4v) is 2.25. The lowest BCUT2D eigenvalue weighted by Crippen LogP contribution is -2.01. The highest BCUT2D eigenvalue weighted by molar-refractivity contribution is 5.54. The van der Waals surface area contributed by atoms with Crippen molar-refractivity contribution >= 4 is 0 Å². The first kappa shape index (κ1) is 14.0. The van der Waals surface area contributed by atoms with Crippen molar-refractivity contribution in [2.75, 3.05) is 14.2 Å². The molecule has 1 N–H and O–H groups in total. The van der Waals surface area contributed by atoms with Crippen LogP contribution in [-0.4, -0.2) is 19.3 Å². The quantitative estimate of drug-likeness (QED) is 0.841. The lowest BCUT2D eigenvalue weighted by molar-refractivity contribution is 0.363. The Labute approximate surface area is 119 Å². The summed E-state index contributed by atoms with van der Waals surface area (Å²) in [6.07, 6.45) is 1.85. The van der Waals surface area contributed by atoms with Crippen LogP contribution in [0.3, 0.4) is 0 Å². The molecule has 0 unspecified atom stereocenters. The molecule has 3 nitrogen and oxygen atoms in total. The lowest BCUT2D eigenvalue weighted by Gasteiger charge is -2.18. The molecule has 3 heteroatoms. The van der Waals surface area contributed by atoms with E-state index < -0.39 is 0 Å². The van der Waals surface area contributed by atoms with E-state index in [-0.39, 0.29) is 11.7 Å². The Bertz CT molecular complexity index is 591. The summed E-state index contributed by atoms with van der Waals surface area (Å²) in [5, 5.41) is 9.84. The van der Waals surface area contributed by atoms with Gasteiger partial charge in [-0.2, -0.15) is 0 Å². The van der Waals surface area contributed by atoms with Crippen molar-refractivity contribution in [1.82, 2.24) is 0 Å². The molecule has 0 radical (unpaired) electrons. The Hall–Kier alpha value is -2.42. The van der Waals surface area contributed by atoms with Gasteiger partial charge >= 0.3 is 0 Å². The average Bonchev–Trinajstić information content (AvgIpc) is 2.50. The molecule has 0 aliphatic rings. The van der Waals surface area contributed by atoms with Gasteiger partial charge in [-0.3, -0.25) is 0 Å². The maximum Gasteiger partial charge on any atom is 0.161 e. The first-order valence-electron chi connectivity index (χ1n) is 6.33. The number of methoxy groups -OCH3 is 2. The van der Waals surface area contributed by atoms with Gasteiger partial charge in [-0.05, 0) is 11.6 Å². The molecule has 104 valence electrons. The normalized spacial score (nSPS) is 11.7. The van der Waals surface area contributed by atoms with Gasteiger partial charge in [-0.15, -0.1) is 6.58 Å². The number of allylic oxidation sites excluding steroid dienone is 1. The van der Waals surface area contributed by atoms with Crippen LogP contribution in [0.2, 0.25) is 0 Å². The van der Waals surface area contributed by atoms with Gasteiger partial charge in [0, 0.05) is 17.5 Å². The summed E-state index contributed by atoms with van der Waals surface area (Å²) in [5.41, 5.74) is 2.01. The summed E-state index contributed by atoms with van der Waals surface area (Å²) in [7, 11) is 3.10. The summed E-state index contributed by atoms with van der Waals surface area (Å²) >= 11 is 0. The van der Waals surface area contributed by atoms with E-state index in [1.165, 1.54) is 7.11 Å². The van der Waals surface area contributed by atoms with Gasteiger partial charge in [0.05, 0.1) is 14.2 Å². The van der Waals surface area contributed by atoms with E-state index in [1.54, 1.807) is 19.2 Å². The van der Waals surface area contributed by atoms with Crippen LogP contribution >= 0.6 is 0 Å².